The highest BCUT2D eigenvalue weighted by atomic mass is 35.5. The minimum absolute atomic E-state index is 0.0858. The molecular weight excluding hydrogens is 393 g/mol. The van der Waals surface area contributed by atoms with E-state index in [-0.39, 0.29) is 16.5 Å². The number of hydrogen-bond donors (Lipinski definition) is 2. The zero-order valence-corrected chi connectivity index (χ0v) is 14.3. The number of thioether (sulfide) groups is 1. The van der Waals surface area contributed by atoms with Gasteiger partial charge >= 0.3 is 5.51 Å². The summed E-state index contributed by atoms with van der Waals surface area (Å²) in [6.45, 7) is 0. The van der Waals surface area contributed by atoms with Crippen LogP contribution in [0.3, 0.4) is 0 Å². The highest BCUT2D eigenvalue weighted by Gasteiger charge is 2.30. The Morgan fingerprint density at radius 1 is 1.27 bits per heavy atom. The molecule has 0 radical (unpaired) electrons. The van der Waals surface area contributed by atoms with Gasteiger partial charge in [0, 0.05) is 28.5 Å². The Kier molecular flexibility index (Phi) is 6.22. The number of rotatable bonds is 3. The van der Waals surface area contributed by atoms with Gasteiger partial charge in [-0.2, -0.15) is 18.2 Å². The van der Waals surface area contributed by atoms with E-state index in [1.807, 2.05) is 0 Å². The van der Waals surface area contributed by atoms with Crippen LogP contribution >= 0.6 is 23.4 Å². The van der Waals surface area contributed by atoms with Crippen molar-refractivity contribution in [1.29, 1.82) is 5.41 Å². The van der Waals surface area contributed by atoms with Crippen LogP contribution in [0.25, 0.3) is 0 Å². The standard InChI is InChI=1S/C15H10ClF3N4O2S/c16-10-3-1-2-8(6-10)12(20)25-14(21)23-13(24)9-4-5-11(22-7-9)26-15(17,18)19/h1-7,20H,(H2,21,23,24). The van der Waals surface area contributed by atoms with Crippen molar-refractivity contribution in [3.8, 4) is 0 Å². The maximum Gasteiger partial charge on any atom is 0.447 e. The molecule has 0 spiro atoms. The number of amidine groups is 1. The molecule has 2 rings (SSSR count). The molecule has 0 atom stereocenters. The van der Waals surface area contributed by atoms with Crippen molar-refractivity contribution in [3.05, 3.63) is 58.7 Å². The summed E-state index contributed by atoms with van der Waals surface area (Å²) in [4.78, 5) is 18.9. The number of pyridine rings is 1. The quantitative estimate of drug-likeness (QED) is 0.461. The molecule has 0 bridgehead atoms. The number of nitrogens with zero attached hydrogens (tertiary/aromatic N) is 2. The maximum atomic E-state index is 12.2. The molecule has 0 aliphatic carbocycles. The zero-order chi connectivity index (χ0) is 19.3. The molecule has 1 aromatic carbocycles. The molecule has 1 aromatic heterocycles. The number of alkyl halides is 3. The fourth-order valence-corrected chi connectivity index (χ4v) is 2.34. The molecule has 0 unspecified atom stereocenters. The number of aromatic nitrogens is 1. The van der Waals surface area contributed by atoms with E-state index in [9.17, 15) is 18.0 Å². The summed E-state index contributed by atoms with van der Waals surface area (Å²) < 4.78 is 41.6. The molecule has 136 valence electrons. The number of nitrogens with one attached hydrogen (secondary N) is 1. The van der Waals surface area contributed by atoms with E-state index in [1.54, 1.807) is 18.2 Å². The molecule has 11 heteroatoms. The molecule has 0 aliphatic rings. The highest BCUT2D eigenvalue weighted by molar-refractivity contribution is 8.00. The van der Waals surface area contributed by atoms with Gasteiger partial charge in [-0.3, -0.25) is 10.2 Å². The Morgan fingerprint density at radius 2 is 2.00 bits per heavy atom. The second-order valence-electron chi connectivity index (χ2n) is 4.63. The highest BCUT2D eigenvalue weighted by Crippen LogP contribution is 2.35. The van der Waals surface area contributed by atoms with E-state index >= 15 is 0 Å². The lowest BCUT2D eigenvalue weighted by molar-refractivity contribution is -0.0329. The summed E-state index contributed by atoms with van der Waals surface area (Å²) in [6, 6.07) is 7.76. The Morgan fingerprint density at radius 3 is 2.58 bits per heavy atom. The Labute approximate surface area is 154 Å². The van der Waals surface area contributed by atoms with Crippen LogP contribution in [0.5, 0.6) is 0 Å². The molecular formula is C15H10ClF3N4O2S. The van der Waals surface area contributed by atoms with Gasteiger partial charge in [-0.05, 0) is 30.3 Å². The zero-order valence-electron chi connectivity index (χ0n) is 12.7. The van der Waals surface area contributed by atoms with E-state index in [1.165, 1.54) is 6.07 Å². The maximum absolute atomic E-state index is 12.2. The number of ether oxygens (including phenoxy) is 1. The van der Waals surface area contributed by atoms with Crippen molar-refractivity contribution < 1.29 is 22.7 Å². The average molecular weight is 403 g/mol. The molecule has 6 nitrogen and oxygen atoms in total. The van der Waals surface area contributed by atoms with Crippen molar-refractivity contribution in [1.82, 2.24) is 4.98 Å². The molecule has 1 heterocycles. The summed E-state index contributed by atoms with van der Waals surface area (Å²) in [5.41, 5.74) is 1.22. The lowest BCUT2D eigenvalue weighted by Gasteiger charge is -2.06. The summed E-state index contributed by atoms with van der Waals surface area (Å²) in [5, 5.41) is 7.81. The van der Waals surface area contributed by atoms with Crippen molar-refractivity contribution in [2.45, 2.75) is 10.5 Å². The topological polar surface area (TPSA) is 101 Å². The van der Waals surface area contributed by atoms with Crippen molar-refractivity contribution in [2.75, 3.05) is 0 Å². The van der Waals surface area contributed by atoms with Crippen LogP contribution in [-0.2, 0) is 4.74 Å². The minimum Gasteiger partial charge on any atom is -0.407 e. The number of benzene rings is 1. The second-order valence-corrected chi connectivity index (χ2v) is 6.15. The molecule has 26 heavy (non-hydrogen) atoms. The largest absolute Gasteiger partial charge is 0.447 e. The summed E-state index contributed by atoms with van der Waals surface area (Å²) in [5.74, 6) is -1.26. The van der Waals surface area contributed by atoms with Crippen molar-refractivity contribution >= 4 is 41.2 Å². The lowest BCUT2D eigenvalue weighted by Crippen LogP contribution is -2.22. The van der Waals surface area contributed by atoms with Gasteiger partial charge in [0.15, 0.2) is 0 Å². The first-order valence-electron chi connectivity index (χ1n) is 6.76. The van der Waals surface area contributed by atoms with E-state index < -0.39 is 29.2 Å². The third-order valence-electron chi connectivity index (χ3n) is 2.71. The first-order valence-corrected chi connectivity index (χ1v) is 7.96. The Bertz CT molecular complexity index is 857. The van der Waals surface area contributed by atoms with Crippen molar-refractivity contribution in [2.24, 2.45) is 10.7 Å². The SMILES string of the molecule is N=C(OC(N)=NC(=O)c1ccc(SC(F)(F)F)nc1)c1cccc(Cl)c1. The first-order chi connectivity index (χ1) is 12.1. The van der Waals surface area contributed by atoms with Gasteiger partial charge in [0.1, 0.15) is 5.03 Å². The van der Waals surface area contributed by atoms with Crippen LogP contribution < -0.4 is 5.73 Å². The number of amides is 1. The second kappa shape index (κ2) is 8.19. The van der Waals surface area contributed by atoms with Gasteiger partial charge in [0.2, 0.25) is 5.90 Å². The van der Waals surface area contributed by atoms with Crippen LogP contribution in [0.1, 0.15) is 15.9 Å². The molecule has 0 saturated carbocycles. The number of hydrogen-bond acceptors (Lipinski definition) is 5. The van der Waals surface area contributed by atoms with Gasteiger partial charge in [-0.15, -0.1) is 0 Å². The smallest absolute Gasteiger partial charge is 0.407 e. The predicted molar refractivity (Wildman–Crippen MR) is 91.5 cm³/mol. The van der Waals surface area contributed by atoms with Gasteiger partial charge in [-0.1, -0.05) is 17.7 Å². The summed E-state index contributed by atoms with van der Waals surface area (Å²) >= 11 is 5.39. The lowest BCUT2D eigenvalue weighted by atomic mass is 10.2. The van der Waals surface area contributed by atoms with E-state index in [0.717, 1.165) is 18.3 Å². The van der Waals surface area contributed by atoms with Gasteiger partial charge in [0.25, 0.3) is 11.9 Å². The number of nitrogens with two attached hydrogens (primary N) is 1. The fraction of sp³-hybridized carbons (Fsp3) is 0.0667. The van der Waals surface area contributed by atoms with Crippen LogP contribution in [0.15, 0.2) is 52.6 Å². The Hall–Kier alpha value is -2.59. The monoisotopic (exact) mass is 402 g/mol. The molecule has 0 fully saturated rings. The summed E-state index contributed by atoms with van der Waals surface area (Å²) in [7, 11) is 0. The van der Waals surface area contributed by atoms with Gasteiger partial charge < -0.3 is 10.5 Å². The van der Waals surface area contributed by atoms with Gasteiger partial charge in [0.05, 0.1) is 5.56 Å². The predicted octanol–water partition coefficient (Wildman–Crippen LogP) is 3.84. The minimum atomic E-state index is -4.48. The van der Waals surface area contributed by atoms with Crippen molar-refractivity contribution in [3.63, 3.8) is 0 Å². The van der Waals surface area contributed by atoms with Crippen LogP contribution in [-0.4, -0.2) is 28.3 Å². The van der Waals surface area contributed by atoms with E-state index in [4.69, 9.17) is 27.5 Å². The number of carbonyl (C=O) groups is 1. The molecule has 3 N–H and O–H groups in total. The average Bonchev–Trinajstić information content (AvgIpc) is 2.53. The normalized spacial score (nSPS) is 11.9. The molecule has 2 aromatic rings. The third-order valence-corrected chi connectivity index (χ3v) is 3.63. The number of halogens is 4. The van der Waals surface area contributed by atoms with E-state index in [0.29, 0.717) is 10.6 Å². The molecule has 1 amide bonds. The number of carbonyl (C=O) groups excluding carboxylic acids is 1. The first kappa shape index (κ1) is 19.7. The fourth-order valence-electron chi connectivity index (χ4n) is 1.67. The van der Waals surface area contributed by atoms with Crippen LogP contribution in [0, 0.1) is 5.41 Å². The van der Waals surface area contributed by atoms with E-state index in [2.05, 4.69) is 9.98 Å². The Balaban J connectivity index is 2.04. The summed E-state index contributed by atoms with van der Waals surface area (Å²) in [6.07, 6.45) is 0.940. The number of aliphatic imine (C=N–C) groups is 1. The van der Waals surface area contributed by atoms with Crippen LogP contribution in [0.2, 0.25) is 5.02 Å². The van der Waals surface area contributed by atoms with Crippen LogP contribution in [0.4, 0.5) is 13.2 Å². The molecule has 0 aliphatic heterocycles. The third kappa shape index (κ3) is 6.05. The van der Waals surface area contributed by atoms with Gasteiger partial charge in [-0.25, -0.2) is 4.98 Å². The molecule has 0 saturated heterocycles.